The van der Waals surface area contributed by atoms with E-state index in [0.717, 1.165) is 23.7 Å². The predicted molar refractivity (Wildman–Crippen MR) is 98.0 cm³/mol. The van der Waals surface area contributed by atoms with E-state index in [1.807, 2.05) is 18.2 Å². The molecule has 126 valence electrons. The molecule has 0 atom stereocenters. The molecule has 1 aliphatic rings. The summed E-state index contributed by atoms with van der Waals surface area (Å²) in [5.74, 6) is 0.602. The molecule has 0 unspecified atom stereocenters. The molecule has 0 spiro atoms. The lowest BCUT2D eigenvalue weighted by molar-refractivity contribution is 0.0950. The normalized spacial score (nSPS) is 14.3. The van der Waals surface area contributed by atoms with Crippen molar-refractivity contribution in [1.29, 1.82) is 0 Å². The van der Waals surface area contributed by atoms with E-state index in [2.05, 4.69) is 34.2 Å². The van der Waals surface area contributed by atoms with Gasteiger partial charge in [-0.2, -0.15) is 0 Å². The number of halogens is 1. The third-order valence-corrected chi connectivity index (χ3v) is 4.55. The molecule has 1 aromatic carbocycles. The second kappa shape index (κ2) is 9.76. The van der Waals surface area contributed by atoms with Crippen molar-refractivity contribution in [1.82, 2.24) is 5.32 Å². The number of benzene rings is 1. The van der Waals surface area contributed by atoms with Gasteiger partial charge < -0.3 is 10.1 Å². The van der Waals surface area contributed by atoms with Gasteiger partial charge in [-0.25, -0.2) is 0 Å². The average Bonchev–Trinajstić information content (AvgIpc) is 2.57. The van der Waals surface area contributed by atoms with Crippen molar-refractivity contribution in [3.8, 4) is 5.75 Å². The van der Waals surface area contributed by atoms with Crippen molar-refractivity contribution in [2.45, 2.75) is 51.9 Å². The Bertz CT molecular complexity index is 554. The van der Waals surface area contributed by atoms with E-state index in [1.165, 1.54) is 31.3 Å². The first-order valence-electron chi connectivity index (χ1n) is 8.59. The van der Waals surface area contributed by atoms with Crippen LogP contribution in [0.15, 0.2) is 34.3 Å². The number of hydrogen-bond acceptors (Lipinski definition) is 2. The van der Waals surface area contributed by atoms with Gasteiger partial charge in [-0.1, -0.05) is 40.9 Å². The average molecular weight is 380 g/mol. The number of rotatable bonds is 8. The van der Waals surface area contributed by atoms with Crippen LogP contribution < -0.4 is 10.1 Å². The van der Waals surface area contributed by atoms with Crippen molar-refractivity contribution in [2.75, 3.05) is 13.2 Å². The third-order valence-electron chi connectivity index (χ3n) is 4.06. The molecule has 3 nitrogen and oxygen atoms in total. The van der Waals surface area contributed by atoms with E-state index in [-0.39, 0.29) is 5.91 Å². The fraction of sp³-hybridized carbons (Fsp3) is 0.526. The van der Waals surface area contributed by atoms with Crippen molar-refractivity contribution < 1.29 is 9.53 Å². The molecule has 0 saturated heterocycles. The number of carbonyl (C=O) groups is 1. The summed E-state index contributed by atoms with van der Waals surface area (Å²) in [7, 11) is 0. The summed E-state index contributed by atoms with van der Waals surface area (Å²) in [6.07, 6.45) is 10.3. The molecule has 4 heteroatoms. The SMILES string of the molecule is CCCCOc1ccc(Br)cc1C(=O)NCCC1=CCCCC1. The molecule has 1 aromatic rings. The molecular formula is C19H26BrNO2. The first-order chi connectivity index (χ1) is 11.2. The Morgan fingerprint density at radius 3 is 2.96 bits per heavy atom. The summed E-state index contributed by atoms with van der Waals surface area (Å²) in [5.41, 5.74) is 2.08. The zero-order valence-electron chi connectivity index (χ0n) is 13.9. The van der Waals surface area contributed by atoms with Gasteiger partial charge in [0.05, 0.1) is 12.2 Å². The number of allylic oxidation sites excluding steroid dienone is 1. The Kier molecular flexibility index (Phi) is 7.66. The van der Waals surface area contributed by atoms with E-state index >= 15 is 0 Å². The Hall–Kier alpha value is -1.29. The summed E-state index contributed by atoms with van der Waals surface area (Å²) in [6, 6.07) is 5.60. The molecule has 1 amide bonds. The smallest absolute Gasteiger partial charge is 0.255 e. The van der Waals surface area contributed by atoms with Gasteiger partial charge in [0.2, 0.25) is 0 Å². The third kappa shape index (κ3) is 6.02. The Labute approximate surface area is 147 Å². The molecule has 0 aliphatic heterocycles. The lowest BCUT2D eigenvalue weighted by Gasteiger charge is -2.14. The summed E-state index contributed by atoms with van der Waals surface area (Å²) < 4.78 is 6.65. The summed E-state index contributed by atoms with van der Waals surface area (Å²) in [6.45, 7) is 3.45. The molecule has 2 rings (SSSR count). The highest BCUT2D eigenvalue weighted by molar-refractivity contribution is 9.10. The van der Waals surface area contributed by atoms with Crippen molar-refractivity contribution in [3.63, 3.8) is 0 Å². The second-order valence-corrected chi connectivity index (χ2v) is 6.87. The van der Waals surface area contributed by atoms with Crippen LogP contribution in [0.25, 0.3) is 0 Å². The molecule has 0 saturated carbocycles. The number of unbranched alkanes of at least 4 members (excludes halogenated alkanes) is 1. The van der Waals surface area contributed by atoms with Gasteiger partial charge >= 0.3 is 0 Å². The number of carbonyl (C=O) groups excluding carboxylic acids is 1. The maximum Gasteiger partial charge on any atom is 0.255 e. The molecular weight excluding hydrogens is 354 g/mol. The molecule has 1 aliphatic carbocycles. The zero-order chi connectivity index (χ0) is 16.5. The van der Waals surface area contributed by atoms with Crippen LogP contribution in [0.4, 0.5) is 0 Å². The largest absolute Gasteiger partial charge is 0.493 e. The first kappa shape index (κ1) is 18.1. The van der Waals surface area contributed by atoms with Gasteiger partial charge in [-0.15, -0.1) is 0 Å². The van der Waals surface area contributed by atoms with E-state index in [0.29, 0.717) is 24.5 Å². The number of hydrogen-bond donors (Lipinski definition) is 1. The van der Waals surface area contributed by atoms with E-state index in [1.54, 1.807) is 0 Å². The molecule has 1 N–H and O–H groups in total. The molecule has 0 radical (unpaired) electrons. The lowest BCUT2D eigenvalue weighted by atomic mass is 9.97. The van der Waals surface area contributed by atoms with Gasteiger partial charge in [0, 0.05) is 11.0 Å². The minimum atomic E-state index is -0.0609. The number of ether oxygens (including phenoxy) is 1. The van der Waals surface area contributed by atoms with Gasteiger partial charge in [0.1, 0.15) is 5.75 Å². The van der Waals surface area contributed by atoms with E-state index in [9.17, 15) is 4.79 Å². The topological polar surface area (TPSA) is 38.3 Å². The summed E-state index contributed by atoms with van der Waals surface area (Å²) in [5, 5.41) is 3.02. The van der Waals surface area contributed by atoms with Crippen molar-refractivity contribution >= 4 is 21.8 Å². The number of amides is 1. The van der Waals surface area contributed by atoms with Crippen LogP contribution in [-0.2, 0) is 0 Å². The van der Waals surface area contributed by atoms with E-state index in [4.69, 9.17) is 4.74 Å². The van der Waals surface area contributed by atoms with Gasteiger partial charge in [-0.05, 0) is 56.7 Å². The summed E-state index contributed by atoms with van der Waals surface area (Å²) in [4.78, 5) is 12.5. The first-order valence-corrected chi connectivity index (χ1v) is 9.38. The quantitative estimate of drug-likeness (QED) is 0.494. The standard InChI is InChI=1S/C19H26BrNO2/c1-2-3-13-23-18-10-9-16(20)14-17(18)19(22)21-12-11-15-7-5-4-6-8-15/h7,9-10,14H,2-6,8,11-13H2,1H3,(H,21,22). The maximum atomic E-state index is 12.5. The minimum Gasteiger partial charge on any atom is -0.493 e. The van der Waals surface area contributed by atoms with Crippen LogP contribution in [0.3, 0.4) is 0 Å². The van der Waals surface area contributed by atoms with Gasteiger partial charge in [-0.3, -0.25) is 4.79 Å². The Morgan fingerprint density at radius 1 is 1.35 bits per heavy atom. The molecule has 23 heavy (non-hydrogen) atoms. The highest BCUT2D eigenvalue weighted by atomic mass is 79.9. The van der Waals surface area contributed by atoms with E-state index < -0.39 is 0 Å². The lowest BCUT2D eigenvalue weighted by Crippen LogP contribution is -2.25. The van der Waals surface area contributed by atoms with Crippen LogP contribution in [-0.4, -0.2) is 19.1 Å². The van der Waals surface area contributed by atoms with Gasteiger partial charge in [0.15, 0.2) is 0 Å². The molecule has 0 bridgehead atoms. The summed E-state index contributed by atoms with van der Waals surface area (Å²) >= 11 is 3.43. The van der Waals surface area contributed by atoms with Crippen LogP contribution in [0.5, 0.6) is 5.75 Å². The molecule has 0 aromatic heterocycles. The van der Waals surface area contributed by atoms with Crippen LogP contribution in [0.1, 0.15) is 62.2 Å². The Morgan fingerprint density at radius 2 is 2.22 bits per heavy atom. The van der Waals surface area contributed by atoms with Crippen LogP contribution in [0.2, 0.25) is 0 Å². The predicted octanol–water partition coefficient (Wildman–Crippen LogP) is 5.25. The fourth-order valence-electron chi connectivity index (χ4n) is 2.70. The molecule has 0 fully saturated rings. The monoisotopic (exact) mass is 379 g/mol. The highest BCUT2D eigenvalue weighted by Gasteiger charge is 2.13. The van der Waals surface area contributed by atoms with Crippen molar-refractivity contribution in [3.05, 3.63) is 39.9 Å². The molecule has 0 heterocycles. The van der Waals surface area contributed by atoms with Gasteiger partial charge in [0.25, 0.3) is 5.91 Å². The zero-order valence-corrected chi connectivity index (χ0v) is 15.5. The Balaban J connectivity index is 1.91. The maximum absolute atomic E-state index is 12.5. The second-order valence-electron chi connectivity index (χ2n) is 5.96. The fourth-order valence-corrected chi connectivity index (χ4v) is 3.06. The van der Waals surface area contributed by atoms with Crippen molar-refractivity contribution in [2.24, 2.45) is 0 Å². The van der Waals surface area contributed by atoms with Crippen LogP contribution in [0, 0.1) is 0 Å². The van der Waals surface area contributed by atoms with Crippen LogP contribution >= 0.6 is 15.9 Å². The number of nitrogens with one attached hydrogen (secondary N) is 1. The minimum absolute atomic E-state index is 0.0609. The highest BCUT2D eigenvalue weighted by Crippen LogP contribution is 2.24.